The van der Waals surface area contributed by atoms with Crippen LogP contribution in [0.2, 0.25) is 5.02 Å². The SMILES string of the molecule is Cl.O=C(O)CC(O)Cc1cn(-c2ccc(Oc3ncc(Cl)cc3F)c(F)c2)nn1. The van der Waals surface area contributed by atoms with E-state index in [9.17, 15) is 18.7 Å². The molecule has 1 atom stereocenters. The van der Waals surface area contributed by atoms with Crippen LogP contribution < -0.4 is 4.74 Å². The van der Waals surface area contributed by atoms with Crippen LogP contribution in [0.25, 0.3) is 5.69 Å². The smallest absolute Gasteiger partial charge is 0.305 e. The first-order valence-corrected chi connectivity index (χ1v) is 8.29. The zero-order valence-corrected chi connectivity index (χ0v) is 16.1. The first kappa shape index (κ1) is 22.5. The van der Waals surface area contributed by atoms with Crippen LogP contribution in [-0.4, -0.2) is 42.3 Å². The summed E-state index contributed by atoms with van der Waals surface area (Å²) in [5.74, 6) is -3.45. The largest absolute Gasteiger partial charge is 0.481 e. The van der Waals surface area contributed by atoms with Gasteiger partial charge in [0.15, 0.2) is 17.4 Å². The van der Waals surface area contributed by atoms with E-state index in [0.29, 0.717) is 11.4 Å². The van der Waals surface area contributed by atoms with Gasteiger partial charge >= 0.3 is 5.97 Å². The second kappa shape index (κ2) is 9.59. The highest BCUT2D eigenvalue weighted by molar-refractivity contribution is 6.30. The van der Waals surface area contributed by atoms with Crippen molar-refractivity contribution in [3.63, 3.8) is 0 Å². The van der Waals surface area contributed by atoms with E-state index in [4.69, 9.17) is 21.4 Å². The van der Waals surface area contributed by atoms with Gasteiger partial charge in [-0.2, -0.15) is 0 Å². The Morgan fingerprint density at radius 1 is 1.28 bits per heavy atom. The number of hydrogen-bond acceptors (Lipinski definition) is 6. The Hall–Kier alpha value is -2.82. The van der Waals surface area contributed by atoms with Crippen molar-refractivity contribution in [2.45, 2.75) is 18.9 Å². The number of aromatic nitrogens is 4. The molecule has 3 rings (SSSR count). The summed E-state index contributed by atoms with van der Waals surface area (Å²) >= 11 is 5.61. The van der Waals surface area contributed by atoms with Gasteiger partial charge in [0.25, 0.3) is 5.88 Å². The van der Waals surface area contributed by atoms with Gasteiger partial charge in [0.05, 0.1) is 35.1 Å². The highest BCUT2D eigenvalue weighted by atomic mass is 35.5. The van der Waals surface area contributed by atoms with E-state index in [0.717, 1.165) is 12.1 Å². The van der Waals surface area contributed by atoms with Gasteiger partial charge in [-0.25, -0.2) is 18.4 Å². The predicted octanol–water partition coefficient (Wildman–Crippen LogP) is 3.19. The molecule has 8 nitrogen and oxygen atoms in total. The van der Waals surface area contributed by atoms with Crippen LogP contribution >= 0.6 is 24.0 Å². The van der Waals surface area contributed by atoms with E-state index in [2.05, 4.69) is 15.3 Å². The molecule has 1 aromatic carbocycles. The number of benzene rings is 1. The second-order valence-corrected chi connectivity index (χ2v) is 6.20. The zero-order valence-electron chi connectivity index (χ0n) is 14.5. The van der Waals surface area contributed by atoms with Crippen LogP contribution in [0.5, 0.6) is 11.6 Å². The normalized spacial score (nSPS) is 11.6. The molecule has 0 radical (unpaired) electrons. The van der Waals surface area contributed by atoms with Gasteiger partial charge in [-0.15, -0.1) is 17.5 Å². The third-order valence-electron chi connectivity index (χ3n) is 3.56. The standard InChI is InChI=1S/C17H13ClF2N4O4.ClH/c18-9-3-14(20)17(21-7-9)28-15-2-1-11(5-13(15)19)24-8-10(22-23-24)4-12(25)6-16(26)27;/h1-3,5,7-8,12,25H,4,6H2,(H,26,27);1H. The molecule has 1 unspecified atom stereocenters. The first-order valence-electron chi connectivity index (χ1n) is 7.91. The number of pyridine rings is 1. The summed E-state index contributed by atoms with van der Waals surface area (Å²) in [5.41, 5.74) is 0.628. The van der Waals surface area contributed by atoms with E-state index in [-0.39, 0.29) is 29.6 Å². The molecule has 3 aromatic rings. The number of ether oxygens (including phenoxy) is 1. The summed E-state index contributed by atoms with van der Waals surface area (Å²) in [7, 11) is 0. The van der Waals surface area contributed by atoms with Crippen molar-refractivity contribution in [2.24, 2.45) is 0 Å². The van der Waals surface area contributed by atoms with Gasteiger partial charge in [-0.3, -0.25) is 4.79 Å². The number of aliphatic carboxylic acids is 1. The van der Waals surface area contributed by atoms with Crippen molar-refractivity contribution >= 4 is 30.0 Å². The van der Waals surface area contributed by atoms with Crippen LogP contribution in [0.15, 0.2) is 36.7 Å². The molecule has 0 saturated carbocycles. The number of carboxylic acids is 1. The summed E-state index contributed by atoms with van der Waals surface area (Å²) in [5, 5.41) is 26.0. The van der Waals surface area contributed by atoms with Crippen LogP contribution in [0.1, 0.15) is 12.1 Å². The van der Waals surface area contributed by atoms with Gasteiger partial charge in [0.1, 0.15) is 0 Å². The maximum Gasteiger partial charge on any atom is 0.305 e. The maximum absolute atomic E-state index is 14.3. The lowest BCUT2D eigenvalue weighted by molar-refractivity contribution is -0.139. The number of halogens is 4. The molecule has 2 heterocycles. The molecule has 29 heavy (non-hydrogen) atoms. The lowest BCUT2D eigenvalue weighted by Crippen LogP contribution is -2.15. The minimum absolute atomic E-state index is 0. The fourth-order valence-electron chi connectivity index (χ4n) is 2.33. The highest BCUT2D eigenvalue weighted by Gasteiger charge is 2.15. The van der Waals surface area contributed by atoms with Gasteiger partial charge < -0.3 is 14.9 Å². The van der Waals surface area contributed by atoms with Gasteiger partial charge in [0.2, 0.25) is 0 Å². The number of nitrogens with zero attached hydrogens (tertiary/aromatic N) is 4. The lowest BCUT2D eigenvalue weighted by Gasteiger charge is -2.08. The Balaban J connectivity index is 0.00000300. The Morgan fingerprint density at radius 2 is 2.03 bits per heavy atom. The Bertz CT molecular complexity index is 1020. The fraction of sp³-hybridized carbons (Fsp3) is 0.176. The minimum atomic E-state index is -1.14. The van der Waals surface area contributed by atoms with Crippen molar-refractivity contribution in [3.05, 3.63) is 59.0 Å². The maximum atomic E-state index is 14.3. The van der Waals surface area contributed by atoms with Crippen molar-refractivity contribution in [3.8, 4) is 17.3 Å². The van der Waals surface area contributed by atoms with Crippen molar-refractivity contribution in [2.75, 3.05) is 0 Å². The minimum Gasteiger partial charge on any atom is -0.481 e. The zero-order chi connectivity index (χ0) is 20.3. The first-order chi connectivity index (χ1) is 13.3. The summed E-state index contributed by atoms with van der Waals surface area (Å²) in [6.45, 7) is 0. The van der Waals surface area contributed by atoms with E-state index in [1.807, 2.05) is 0 Å². The Labute approximate surface area is 174 Å². The lowest BCUT2D eigenvalue weighted by atomic mass is 10.1. The fourth-order valence-corrected chi connectivity index (χ4v) is 2.47. The van der Waals surface area contributed by atoms with Crippen molar-refractivity contribution in [1.29, 1.82) is 0 Å². The van der Waals surface area contributed by atoms with Crippen LogP contribution in [0.4, 0.5) is 8.78 Å². The molecule has 0 aliphatic carbocycles. The number of aliphatic hydroxyl groups excluding tert-OH is 1. The average Bonchev–Trinajstić information content (AvgIpc) is 3.06. The van der Waals surface area contributed by atoms with E-state index in [1.165, 1.54) is 29.2 Å². The summed E-state index contributed by atoms with van der Waals surface area (Å²) in [6, 6.07) is 4.81. The van der Waals surface area contributed by atoms with Gasteiger partial charge in [0, 0.05) is 18.7 Å². The molecule has 0 bridgehead atoms. The third kappa shape index (κ3) is 5.83. The molecule has 0 amide bonds. The quantitative estimate of drug-likeness (QED) is 0.573. The molecule has 0 aliphatic rings. The van der Waals surface area contributed by atoms with Gasteiger partial charge in [-0.05, 0) is 18.2 Å². The monoisotopic (exact) mass is 446 g/mol. The number of rotatable bonds is 7. The molecular weight excluding hydrogens is 433 g/mol. The average molecular weight is 447 g/mol. The number of hydrogen-bond donors (Lipinski definition) is 2. The third-order valence-corrected chi connectivity index (χ3v) is 3.76. The topological polar surface area (TPSA) is 110 Å². The van der Waals surface area contributed by atoms with E-state index >= 15 is 0 Å². The Kier molecular flexibility index (Phi) is 7.43. The molecule has 0 saturated heterocycles. The molecule has 2 N–H and O–H groups in total. The molecule has 0 fully saturated rings. The van der Waals surface area contributed by atoms with Crippen molar-refractivity contribution < 1.29 is 28.5 Å². The summed E-state index contributed by atoms with van der Waals surface area (Å²) in [6.07, 6.45) is 1.04. The molecule has 154 valence electrons. The highest BCUT2D eigenvalue weighted by Crippen LogP contribution is 2.27. The van der Waals surface area contributed by atoms with Gasteiger partial charge in [-0.1, -0.05) is 16.8 Å². The summed E-state index contributed by atoms with van der Waals surface area (Å²) in [4.78, 5) is 14.2. The van der Waals surface area contributed by atoms with E-state index < -0.39 is 36.0 Å². The molecule has 0 spiro atoms. The molecule has 2 aromatic heterocycles. The van der Waals surface area contributed by atoms with Crippen LogP contribution in [0.3, 0.4) is 0 Å². The molecule has 0 aliphatic heterocycles. The summed E-state index contributed by atoms with van der Waals surface area (Å²) < 4.78 is 34.4. The Morgan fingerprint density at radius 3 is 2.69 bits per heavy atom. The van der Waals surface area contributed by atoms with Crippen molar-refractivity contribution in [1.82, 2.24) is 20.0 Å². The number of carbonyl (C=O) groups is 1. The second-order valence-electron chi connectivity index (χ2n) is 5.77. The van der Waals surface area contributed by atoms with Crippen LogP contribution in [0, 0.1) is 11.6 Å². The predicted molar refractivity (Wildman–Crippen MR) is 99.8 cm³/mol. The molecular formula is C17H14Cl2F2N4O4. The van der Waals surface area contributed by atoms with Crippen LogP contribution in [-0.2, 0) is 11.2 Å². The van der Waals surface area contributed by atoms with E-state index in [1.54, 1.807) is 0 Å². The molecule has 12 heteroatoms. The number of carboxylic acid groups (broad SMARTS) is 1. The number of aliphatic hydroxyl groups is 1.